The molecule has 0 spiro atoms. The number of aromatic nitrogens is 5. The van der Waals surface area contributed by atoms with E-state index in [4.69, 9.17) is 19.9 Å². The quantitative estimate of drug-likeness (QED) is 0.193. The van der Waals surface area contributed by atoms with Gasteiger partial charge in [0.2, 0.25) is 0 Å². The average Bonchev–Trinajstić information content (AvgIpc) is 3.49. The first-order valence-corrected chi connectivity index (χ1v) is 17.1. The molecule has 2 aliphatic carbocycles. The number of allylic oxidation sites excluding steroid dienone is 4. The fraction of sp³-hybridized carbons (Fsp3) is 0.182. The van der Waals surface area contributed by atoms with E-state index in [0.717, 1.165) is 40.9 Å². The zero-order chi connectivity index (χ0) is 33.3. The standard InChI is InChI=1S/C44H37N5/c1-43(2)33-21-13-11-19-31(33)38-34(44(43,3)4)24-25-36-39(38)32-20-12-14-22-35(32)49(36)37-26-23-30(27-45-37)42-47-40(28-15-7-5-8-16-28)46-41(48-42)29-17-9-6-10-18-29/h5-10,12-18,20-27H,11,19H2,1-4H3. The lowest BCUT2D eigenvalue weighted by molar-refractivity contribution is 0.249. The van der Waals surface area contributed by atoms with Gasteiger partial charge in [0.25, 0.3) is 0 Å². The van der Waals surface area contributed by atoms with Crippen LogP contribution in [0.1, 0.15) is 51.7 Å². The van der Waals surface area contributed by atoms with E-state index in [1.165, 1.54) is 38.6 Å². The molecule has 7 aromatic rings. The smallest absolute Gasteiger partial charge is 0.165 e. The van der Waals surface area contributed by atoms with Crippen LogP contribution in [0.2, 0.25) is 0 Å². The van der Waals surface area contributed by atoms with Gasteiger partial charge < -0.3 is 0 Å². The number of hydrogen-bond donors (Lipinski definition) is 0. The van der Waals surface area contributed by atoms with E-state index in [1.807, 2.05) is 66.9 Å². The number of fused-ring (bicyclic) bond motifs is 6. The van der Waals surface area contributed by atoms with Gasteiger partial charge in [-0.05, 0) is 70.2 Å². The van der Waals surface area contributed by atoms with Crippen molar-refractivity contribution in [1.82, 2.24) is 24.5 Å². The van der Waals surface area contributed by atoms with Crippen molar-refractivity contribution in [3.05, 3.63) is 144 Å². The molecule has 0 aliphatic heterocycles. The van der Waals surface area contributed by atoms with E-state index < -0.39 is 0 Å². The highest BCUT2D eigenvalue weighted by Gasteiger charge is 2.47. The normalized spacial score (nSPS) is 16.2. The van der Waals surface area contributed by atoms with Crippen LogP contribution in [0, 0.1) is 5.41 Å². The second-order valence-corrected chi connectivity index (χ2v) is 14.3. The SMILES string of the molecule is CC1(C)C2=C(CCC=C2)c2c(ccc3c2c2ccccc2n3-c2ccc(-c3nc(-c4ccccc4)nc(-c4ccccc4)n3)cn2)C1(C)C. The number of hydrogen-bond acceptors (Lipinski definition) is 4. The van der Waals surface area contributed by atoms with Crippen LogP contribution in [0.4, 0.5) is 0 Å². The Morgan fingerprint density at radius 1 is 0.592 bits per heavy atom. The topological polar surface area (TPSA) is 56.5 Å². The maximum absolute atomic E-state index is 5.09. The predicted octanol–water partition coefficient (Wildman–Crippen LogP) is 10.8. The van der Waals surface area contributed by atoms with Gasteiger partial charge >= 0.3 is 0 Å². The summed E-state index contributed by atoms with van der Waals surface area (Å²) in [5, 5.41) is 2.58. The molecule has 0 atom stereocenters. The van der Waals surface area contributed by atoms with Crippen LogP contribution in [0.25, 0.3) is 67.4 Å². The second-order valence-electron chi connectivity index (χ2n) is 14.3. The van der Waals surface area contributed by atoms with E-state index in [1.54, 1.807) is 0 Å². The summed E-state index contributed by atoms with van der Waals surface area (Å²) < 4.78 is 2.32. The number of pyridine rings is 1. The molecule has 5 heteroatoms. The lowest BCUT2D eigenvalue weighted by Crippen LogP contribution is -2.42. The van der Waals surface area contributed by atoms with Crippen molar-refractivity contribution in [2.24, 2.45) is 5.41 Å². The van der Waals surface area contributed by atoms with E-state index in [9.17, 15) is 0 Å². The summed E-state index contributed by atoms with van der Waals surface area (Å²) in [6.45, 7) is 9.66. The molecular weight excluding hydrogens is 599 g/mol. The largest absolute Gasteiger partial charge is 0.294 e. The van der Waals surface area contributed by atoms with Crippen molar-refractivity contribution in [1.29, 1.82) is 0 Å². The molecule has 5 nitrogen and oxygen atoms in total. The molecule has 0 amide bonds. The summed E-state index contributed by atoms with van der Waals surface area (Å²) in [5.41, 5.74) is 10.9. The summed E-state index contributed by atoms with van der Waals surface area (Å²) in [4.78, 5) is 19.8. The van der Waals surface area contributed by atoms with Gasteiger partial charge in [-0.1, -0.05) is 125 Å². The molecule has 0 saturated heterocycles. The molecule has 9 rings (SSSR count). The van der Waals surface area contributed by atoms with Crippen LogP contribution in [0.15, 0.2) is 133 Å². The maximum Gasteiger partial charge on any atom is 0.165 e. The van der Waals surface area contributed by atoms with Crippen LogP contribution in [-0.2, 0) is 5.41 Å². The molecule has 49 heavy (non-hydrogen) atoms. The Balaban J connectivity index is 1.22. The van der Waals surface area contributed by atoms with Gasteiger partial charge in [0.15, 0.2) is 17.5 Å². The number of nitrogens with zero attached hydrogens (tertiary/aromatic N) is 5. The molecule has 0 radical (unpaired) electrons. The molecule has 0 fully saturated rings. The van der Waals surface area contributed by atoms with Gasteiger partial charge in [-0.2, -0.15) is 0 Å². The molecule has 0 bridgehead atoms. The summed E-state index contributed by atoms with van der Waals surface area (Å²) in [6.07, 6.45) is 8.78. The van der Waals surface area contributed by atoms with Gasteiger partial charge in [-0.15, -0.1) is 0 Å². The highest BCUT2D eigenvalue weighted by molar-refractivity contribution is 6.15. The van der Waals surface area contributed by atoms with Crippen molar-refractivity contribution in [3.8, 4) is 40.0 Å². The zero-order valence-electron chi connectivity index (χ0n) is 28.3. The second kappa shape index (κ2) is 10.9. The summed E-state index contributed by atoms with van der Waals surface area (Å²) in [6, 6.07) is 37.8. The summed E-state index contributed by atoms with van der Waals surface area (Å²) >= 11 is 0. The van der Waals surface area contributed by atoms with Crippen LogP contribution < -0.4 is 0 Å². The molecule has 2 aliphatic rings. The van der Waals surface area contributed by atoms with Crippen molar-refractivity contribution in [3.63, 3.8) is 0 Å². The Kier molecular flexibility index (Phi) is 6.57. The molecule has 0 unspecified atom stereocenters. The number of para-hydroxylation sites is 1. The third kappa shape index (κ3) is 4.45. The van der Waals surface area contributed by atoms with Crippen LogP contribution in [0.3, 0.4) is 0 Å². The van der Waals surface area contributed by atoms with Crippen molar-refractivity contribution in [2.45, 2.75) is 46.0 Å². The van der Waals surface area contributed by atoms with Crippen LogP contribution in [0.5, 0.6) is 0 Å². The van der Waals surface area contributed by atoms with Gasteiger partial charge in [-0.3, -0.25) is 4.57 Å². The number of rotatable bonds is 4. The van der Waals surface area contributed by atoms with Gasteiger partial charge in [0.05, 0.1) is 11.0 Å². The monoisotopic (exact) mass is 635 g/mol. The average molecular weight is 636 g/mol. The van der Waals surface area contributed by atoms with Crippen LogP contribution in [-0.4, -0.2) is 24.5 Å². The molecule has 3 heterocycles. The van der Waals surface area contributed by atoms with E-state index in [-0.39, 0.29) is 10.8 Å². The molecule has 0 N–H and O–H groups in total. The first-order valence-electron chi connectivity index (χ1n) is 17.1. The highest BCUT2D eigenvalue weighted by Crippen LogP contribution is 2.58. The van der Waals surface area contributed by atoms with Crippen molar-refractivity contribution >= 4 is 27.4 Å². The highest BCUT2D eigenvalue weighted by atomic mass is 15.1. The Morgan fingerprint density at radius 3 is 1.88 bits per heavy atom. The lowest BCUT2D eigenvalue weighted by Gasteiger charge is -2.50. The van der Waals surface area contributed by atoms with Gasteiger partial charge in [0.1, 0.15) is 5.82 Å². The lowest BCUT2D eigenvalue weighted by atomic mass is 9.54. The molecule has 3 aromatic heterocycles. The van der Waals surface area contributed by atoms with Gasteiger partial charge in [0, 0.05) is 33.7 Å². The maximum atomic E-state index is 5.09. The fourth-order valence-corrected chi connectivity index (χ4v) is 7.91. The predicted molar refractivity (Wildman–Crippen MR) is 200 cm³/mol. The van der Waals surface area contributed by atoms with Gasteiger partial charge in [-0.25, -0.2) is 19.9 Å². The van der Waals surface area contributed by atoms with Crippen molar-refractivity contribution in [2.75, 3.05) is 0 Å². The molecule has 4 aromatic carbocycles. The minimum atomic E-state index is -0.0398. The zero-order valence-corrected chi connectivity index (χ0v) is 28.3. The van der Waals surface area contributed by atoms with Crippen molar-refractivity contribution < 1.29 is 0 Å². The Labute approximate surface area is 286 Å². The van der Waals surface area contributed by atoms with E-state index >= 15 is 0 Å². The third-order valence-electron chi connectivity index (χ3n) is 11.2. The van der Waals surface area contributed by atoms with E-state index in [0.29, 0.717) is 17.5 Å². The minimum absolute atomic E-state index is 0.0193. The third-order valence-corrected chi connectivity index (χ3v) is 11.2. The number of benzene rings is 4. The molecule has 238 valence electrons. The van der Waals surface area contributed by atoms with E-state index in [2.05, 4.69) is 92.9 Å². The fourth-order valence-electron chi connectivity index (χ4n) is 7.91. The first kappa shape index (κ1) is 29.5. The Hall–Kier alpha value is -5.68. The molecular formula is C44H37N5. The summed E-state index contributed by atoms with van der Waals surface area (Å²) in [5.74, 6) is 2.73. The Bertz CT molecular complexity index is 2410. The first-order chi connectivity index (χ1) is 23.8. The Morgan fingerprint density at radius 2 is 1.22 bits per heavy atom. The van der Waals surface area contributed by atoms with Crippen LogP contribution >= 0.6 is 0 Å². The molecule has 0 saturated carbocycles. The minimum Gasteiger partial charge on any atom is -0.294 e. The summed E-state index contributed by atoms with van der Waals surface area (Å²) in [7, 11) is 0.